The van der Waals surface area contributed by atoms with Gasteiger partial charge >= 0.3 is 6.09 Å². The fourth-order valence-electron chi connectivity index (χ4n) is 4.88. The molecule has 2 aromatic rings. The van der Waals surface area contributed by atoms with Gasteiger partial charge in [0.2, 0.25) is 11.8 Å². The van der Waals surface area contributed by atoms with Crippen molar-refractivity contribution >= 4 is 6.09 Å². The van der Waals surface area contributed by atoms with E-state index in [0.29, 0.717) is 23.4 Å². The Kier molecular flexibility index (Phi) is 5.61. The summed E-state index contributed by atoms with van der Waals surface area (Å²) in [5, 5.41) is 0. The highest BCUT2D eigenvalue weighted by molar-refractivity contribution is 5.69. The zero-order valence-electron chi connectivity index (χ0n) is 18.9. The Bertz CT molecular complexity index is 982. The molecule has 2 aliphatic heterocycles. The molecule has 4 heterocycles. The maximum Gasteiger partial charge on any atom is 0.410 e. The fraction of sp³-hybridized carbons (Fsp3) is 0.583. The van der Waals surface area contributed by atoms with Crippen LogP contribution in [-0.2, 0) is 4.74 Å². The van der Waals surface area contributed by atoms with Gasteiger partial charge in [-0.1, -0.05) is 0 Å². The topological polar surface area (TPSA) is 86.7 Å². The van der Waals surface area contributed by atoms with E-state index in [1.54, 1.807) is 6.20 Å². The van der Waals surface area contributed by atoms with E-state index in [-0.39, 0.29) is 30.4 Å². The van der Waals surface area contributed by atoms with Gasteiger partial charge in [-0.15, -0.1) is 0 Å². The minimum Gasteiger partial charge on any atom is -0.474 e. The third kappa shape index (κ3) is 4.23. The highest BCUT2D eigenvalue weighted by Gasteiger charge is 2.46. The zero-order valence-corrected chi connectivity index (χ0v) is 18.9. The second-order valence-corrected chi connectivity index (χ2v) is 9.23. The number of hydrogen-bond donors (Lipinski definition) is 0. The fourth-order valence-corrected chi connectivity index (χ4v) is 4.88. The second-order valence-electron chi connectivity index (χ2n) is 9.23. The Morgan fingerprint density at radius 2 is 1.78 bits per heavy atom. The molecule has 2 saturated heterocycles. The van der Waals surface area contributed by atoms with Crippen LogP contribution in [0.25, 0.3) is 0 Å². The van der Waals surface area contributed by atoms with Gasteiger partial charge in [0.05, 0.1) is 11.3 Å². The molecular weight excluding hydrogens is 408 g/mol. The molecule has 170 valence electrons. The number of amides is 1. The van der Waals surface area contributed by atoms with Crippen LogP contribution in [0.2, 0.25) is 0 Å². The highest BCUT2D eigenvalue weighted by atomic mass is 16.6. The first kappa shape index (κ1) is 21.0. The predicted octanol–water partition coefficient (Wildman–Crippen LogP) is 4.59. The quantitative estimate of drug-likeness (QED) is 0.652. The van der Waals surface area contributed by atoms with Crippen molar-refractivity contribution in [3.8, 4) is 17.5 Å². The molecule has 2 aromatic heterocycles. The van der Waals surface area contributed by atoms with Crippen molar-refractivity contribution < 1.29 is 19.0 Å². The van der Waals surface area contributed by atoms with Gasteiger partial charge in [0.15, 0.2) is 5.75 Å². The molecule has 1 amide bonds. The number of carbonyl (C=O) groups is 1. The number of nitrogens with zero attached hydrogens (tertiary/aromatic N) is 4. The Morgan fingerprint density at radius 3 is 2.47 bits per heavy atom. The van der Waals surface area contributed by atoms with Crippen LogP contribution >= 0.6 is 0 Å². The first-order valence-corrected chi connectivity index (χ1v) is 11.6. The maximum atomic E-state index is 12.8. The Labute approximate surface area is 188 Å². The molecule has 0 N–H and O–H groups in total. The number of ether oxygens (including phenoxy) is 3. The van der Waals surface area contributed by atoms with Crippen LogP contribution in [0.5, 0.6) is 17.5 Å². The third-order valence-electron chi connectivity index (χ3n) is 6.91. The van der Waals surface area contributed by atoms with Gasteiger partial charge in [0.1, 0.15) is 18.5 Å². The molecule has 3 aliphatic rings. The van der Waals surface area contributed by atoms with Crippen LogP contribution in [0, 0.1) is 19.8 Å². The normalized spacial score (nSPS) is 25.3. The predicted molar refractivity (Wildman–Crippen MR) is 117 cm³/mol. The van der Waals surface area contributed by atoms with Gasteiger partial charge in [-0.2, -0.15) is 0 Å². The largest absolute Gasteiger partial charge is 0.474 e. The average Bonchev–Trinajstić information content (AvgIpc) is 3.58. The van der Waals surface area contributed by atoms with Crippen LogP contribution in [0.3, 0.4) is 0 Å². The first-order valence-electron chi connectivity index (χ1n) is 11.6. The van der Waals surface area contributed by atoms with E-state index in [1.807, 2.05) is 37.8 Å². The van der Waals surface area contributed by atoms with Crippen molar-refractivity contribution in [3.63, 3.8) is 0 Å². The van der Waals surface area contributed by atoms with E-state index < -0.39 is 0 Å². The minimum atomic E-state index is -0.156. The molecule has 1 saturated carbocycles. The van der Waals surface area contributed by atoms with Crippen molar-refractivity contribution in [2.75, 3.05) is 0 Å². The summed E-state index contributed by atoms with van der Waals surface area (Å²) in [7, 11) is 0. The van der Waals surface area contributed by atoms with Crippen molar-refractivity contribution in [3.05, 3.63) is 35.9 Å². The number of aromatic nitrogens is 3. The molecule has 0 spiro atoms. The second kappa shape index (κ2) is 8.56. The summed E-state index contributed by atoms with van der Waals surface area (Å²) in [5.74, 6) is 2.19. The molecule has 3 atom stereocenters. The minimum absolute atomic E-state index is 0.000941. The number of piperidine rings is 1. The lowest BCUT2D eigenvalue weighted by molar-refractivity contribution is 0.0132. The molecule has 3 fully saturated rings. The van der Waals surface area contributed by atoms with Crippen molar-refractivity contribution in [1.82, 2.24) is 19.9 Å². The number of aryl methyl sites for hydroxylation is 1. The lowest BCUT2D eigenvalue weighted by Gasteiger charge is -2.38. The standard InChI is InChI=1S/C24H30N4O4/c1-14-22(26-13-27-23(14)32-21-5-4-10-25-15(21)2)31-20-11-18-8-9-19(12-20)28(18)24(29)30-16(3)17-6-7-17/h4-5,10,13,16-20H,6-9,11-12H2,1-3H3. The number of fused-ring (bicyclic) bond motifs is 2. The van der Waals surface area contributed by atoms with Crippen molar-refractivity contribution in [1.29, 1.82) is 0 Å². The molecule has 5 rings (SSSR count). The number of pyridine rings is 1. The van der Waals surface area contributed by atoms with E-state index in [9.17, 15) is 4.79 Å². The molecule has 0 radical (unpaired) electrons. The SMILES string of the molecule is Cc1ncccc1Oc1ncnc(OC2CC3CCC(C2)N3C(=O)OC(C)C2CC2)c1C. The number of rotatable bonds is 6. The molecule has 8 nitrogen and oxygen atoms in total. The lowest BCUT2D eigenvalue weighted by atomic mass is 10.0. The summed E-state index contributed by atoms with van der Waals surface area (Å²) in [6, 6.07) is 4.01. The van der Waals surface area contributed by atoms with Crippen LogP contribution in [0.1, 0.15) is 56.7 Å². The zero-order chi connectivity index (χ0) is 22.2. The van der Waals surface area contributed by atoms with Crippen LogP contribution in [0.15, 0.2) is 24.7 Å². The van der Waals surface area contributed by atoms with Gasteiger partial charge in [0.25, 0.3) is 0 Å². The van der Waals surface area contributed by atoms with E-state index in [0.717, 1.165) is 36.9 Å². The third-order valence-corrected chi connectivity index (χ3v) is 6.91. The molecule has 1 aliphatic carbocycles. The monoisotopic (exact) mass is 438 g/mol. The van der Waals surface area contributed by atoms with Crippen LogP contribution < -0.4 is 9.47 Å². The number of hydrogen-bond acceptors (Lipinski definition) is 7. The molecule has 0 aromatic carbocycles. The van der Waals surface area contributed by atoms with E-state index in [1.165, 1.54) is 19.2 Å². The van der Waals surface area contributed by atoms with Crippen LogP contribution in [0.4, 0.5) is 4.79 Å². The smallest absolute Gasteiger partial charge is 0.410 e. The summed E-state index contributed by atoms with van der Waals surface area (Å²) in [6.07, 6.45) is 8.94. The van der Waals surface area contributed by atoms with E-state index in [4.69, 9.17) is 14.2 Å². The summed E-state index contributed by atoms with van der Waals surface area (Å²) in [5.41, 5.74) is 1.54. The van der Waals surface area contributed by atoms with Gasteiger partial charge in [-0.25, -0.2) is 14.8 Å². The molecule has 2 bridgehead atoms. The summed E-state index contributed by atoms with van der Waals surface area (Å²) in [4.78, 5) is 27.6. The first-order chi connectivity index (χ1) is 15.5. The van der Waals surface area contributed by atoms with Crippen molar-refractivity contribution in [2.24, 2.45) is 5.92 Å². The number of carbonyl (C=O) groups excluding carboxylic acids is 1. The molecule has 8 heteroatoms. The summed E-state index contributed by atoms with van der Waals surface area (Å²) < 4.78 is 18.0. The van der Waals surface area contributed by atoms with E-state index >= 15 is 0 Å². The summed E-state index contributed by atoms with van der Waals surface area (Å²) >= 11 is 0. The van der Waals surface area contributed by atoms with Gasteiger partial charge < -0.3 is 19.1 Å². The summed E-state index contributed by atoms with van der Waals surface area (Å²) in [6.45, 7) is 5.80. The molecule has 32 heavy (non-hydrogen) atoms. The maximum absolute atomic E-state index is 12.8. The van der Waals surface area contributed by atoms with E-state index in [2.05, 4.69) is 15.0 Å². The van der Waals surface area contributed by atoms with Gasteiger partial charge in [-0.3, -0.25) is 4.98 Å². The Morgan fingerprint density at radius 1 is 1.06 bits per heavy atom. The van der Waals surface area contributed by atoms with Gasteiger partial charge in [-0.05, 0) is 64.5 Å². The Balaban J connectivity index is 1.24. The lowest BCUT2D eigenvalue weighted by Crippen LogP contribution is -2.50. The molecular formula is C24H30N4O4. The van der Waals surface area contributed by atoms with Gasteiger partial charge in [0, 0.05) is 31.1 Å². The highest BCUT2D eigenvalue weighted by Crippen LogP contribution is 2.40. The van der Waals surface area contributed by atoms with Crippen molar-refractivity contribution in [2.45, 2.75) is 83.6 Å². The van der Waals surface area contributed by atoms with Crippen LogP contribution in [-0.4, -0.2) is 50.2 Å². The Hall–Kier alpha value is -2.90. The molecule has 3 unspecified atom stereocenters. The average molecular weight is 439 g/mol.